The number of hydrogen-bond donors (Lipinski definition) is 2. The topological polar surface area (TPSA) is 98.0 Å². The number of nitrogens with zero attached hydrogens (tertiary/aromatic N) is 2. The van der Waals surface area contributed by atoms with E-state index in [1.54, 1.807) is 13.1 Å². The molecule has 9 heteroatoms. The van der Waals surface area contributed by atoms with Crippen LogP contribution in [0.3, 0.4) is 0 Å². The third-order valence-corrected chi connectivity index (χ3v) is 3.84. The maximum atomic E-state index is 11.5. The Balaban J connectivity index is 2.30. The lowest BCUT2D eigenvalue weighted by Crippen LogP contribution is -2.28. The van der Waals surface area contributed by atoms with Gasteiger partial charge < -0.3 is 14.8 Å². The highest BCUT2D eigenvalue weighted by Crippen LogP contribution is 2.38. The molecule has 142 valence electrons. The molecule has 0 bridgehead atoms. The molecule has 0 saturated heterocycles. The first-order valence-electron chi connectivity index (χ1n) is 8.00. The fourth-order valence-electron chi connectivity index (χ4n) is 2.29. The van der Waals surface area contributed by atoms with E-state index < -0.39 is 4.92 Å². The molecule has 2 N–H and O–H groups in total. The molecule has 0 unspecified atom stereocenters. The van der Waals surface area contributed by atoms with Crippen LogP contribution in [0, 0.1) is 17.0 Å². The van der Waals surface area contributed by atoms with Gasteiger partial charge in [-0.3, -0.25) is 15.5 Å². The Hall–Kier alpha value is -3.20. The van der Waals surface area contributed by atoms with Gasteiger partial charge >= 0.3 is 5.69 Å². The Morgan fingerprint density at radius 1 is 1.37 bits per heavy atom. The molecule has 0 saturated carbocycles. The van der Waals surface area contributed by atoms with Gasteiger partial charge in [0.1, 0.15) is 6.61 Å². The first-order chi connectivity index (χ1) is 12.9. The Labute approximate surface area is 162 Å². The lowest BCUT2D eigenvalue weighted by molar-refractivity contribution is -0.386. The highest BCUT2D eigenvalue weighted by atomic mass is 32.1. The number of thiocarbonyl (C=S) groups is 1. The van der Waals surface area contributed by atoms with E-state index in [1.165, 1.54) is 19.4 Å². The van der Waals surface area contributed by atoms with Crippen molar-refractivity contribution in [3.63, 3.8) is 0 Å². The van der Waals surface area contributed by atoms with Gasteiger partial charge in [-0.25, -0.2) is 0 Å². The molecule has 8 nitrogen and oxygen atoms in total. The summed E-state index contributed by atoms with van der Waals surface area (Å²) in [6.45, 7) is 2.15. The minimum atomic E-state index is -0.517. The van der Waals surface area contributed by atoms with Crippen molar-refractivity contribution in [1.82, 2.24) is 10.7 Å². The standard InChI is InChI=1S/C18H20N4O4S/c1-12-5-4-6-13(7-12)11-26-17-15(22(23)24)8-14(9-16(17)25-3)10-20-21-18(27)19-2/h4-10H,11H2,1-3H3,(H2,19,21,27)/b20-10+. The summed E-state index contributed by atoms with van der Waals surface area (Å²) >= 11 is 4.91. The van der Waals surface area contributed by atoms with Crippen LogP contribution in [0.5, 0.6) is 11.5 Å². The van der Waals surface area contributed by atoms with Crippen molar-refractivity contribution in [2.75, 3.05) is 14.2 Å². The van der Waals surface area contributed by atoms with Crippen molar-refractivity contribution >= 4 is 29.2 Å². The van der Waals surface area contributed by atoms with Crippen LogP contribution in [0.25, 0.3) is 0 Å². The van der Waals surface area contributed by atoms with E-state index in [-0.39, 0.29) is 23.8 Å². The van der Waals surface area contributed by atoms with Crippen LogP contribution in [0.4, 0.5) is 5.69 Å². The number of nitrogens with one attached hydrogen (secondary N) is 2. The van der Waals surface area contributed by atoms with Crippen molar-refractivity contribution in [1.29, 1.82) is 0 Å². The molecule has 2 rings (SSSR count). The summed E-state index contributed by atoms with van der Waals surface area (Å²) in [5.41, 5.74) is 4.82. The molecule has 2 aromatic rings. The number of hydrogen-bond acceptors (Lipinski definition) is 6. The van der Waals surface area contributed by atoms with Crippen molar-refractivity contribution in [2.24, 2.45) is 5.10 Å². The molecule has 0 fully saturated rings. The highest BCUT2D eigenvalue weighted by Gasteiger charge is 2.22. The number of nitro groups is 1. The monoisotopic (exact) mass is 388 g/mol. The largest absolute Gasteiger partial charge is 0.493 e. The fraction of sp³-hybridized carbons (Fsp3) is 0.222. The van der Waals surface area contributed by atoms with Gasteiger partial charge in [-0.05, 0) is 30.8 Å². The second kappa shape index (κ2) is 9.48. The molecular formula is C18H20N4O4S. The molecule has 0 heterocycles. The molecule has 0 aliphatic rings. The van der Waals surface area contributed by atoms with E-state index in [1.807, 2.05) is 31.2 Å². The van der Waals surface area contributed by atoms with E-state index in [2.05, 4.69) is 15.8 Å². The van der Waals surface area contributed by atoms with Gasteiger partial charge in [0.05, 0.1) is 18.2 Å². The maximum Gasteiger partial charge on any atom is 0.315 e. The quantitative estimate of drug-likeness (QED) is 0.326. The molecule has 0 spiro atoms. The van der Waals surface area contributed by atoms with Gasteiger partial charge in [0, 0.05) is 18.7 Å². The summed E-state index contributed by atoms with van der Waals surface area (Å²) in [5.74, 6) is 0.314. The molecule has 0 aliphatic heterocycles. The summed E-state index contributed by atoms with van der Waals surface area (Å²) in [6.07, 6.45) is 1.41. The Bertz CT molecular complexity index is 870. The number of hydrazone groups is 1. The highest BCUT2D eigenvalue weighted by molar-refractivity contribution is 7.80. The molecule has 0 radical (unpaired) electrons. The van der Waals surface area contributed by atoms with Gasteiger partial charge in [0.25, 0.3) is 0 Å². The molecule has 0 atom stereocenters. The van der Waals surface area contributed by atoms with E-state index in [9.17, 15) is 10.1 Å². The third kappa shape index (κ3) is 5.65. The third-order valence-electron chi connectivity index (χ3n) is 3.55. The van der Waals surface area contributed by atoms with Gasteiger partial charge in [-0.1, -0.05) is 29.8 Å². The van der Waals surface area contributed by atoms with Gasteiger partial charge in [0.2, 0.25) is 5.75 Å². The Kier molecular flexibility index (Phi) is 7.07. The second-order valence-corrected chi connectivity index (χ2v) is 5.96. The molecule has 0 aliphatic carbocycles. The normalized spacial score (nSPS) is 10.5. The van der Waals surface area contributed by atoms with E-state index in [4.69, 9.17) is 21.7 Å². The lowest BCUT2D eigenvalue weighted by Gasteiger charge is -2.12. The molecule has 0 amide bonds. The summed E-state index contributed by atoms with van der Waals surface area (Å²) < 4.78 is 11.0. The molecule has 0 aromatic heterocycles. The number of methoxy groups -OCH3 is 1. The summed E-state index contributed by atoms with van der Waals surface area (Å²) in [5, 5.41) is 18.5. The van der Waals surface area contributed by atoms with E-state index in [0.29, 0.717) is 10.7 Å². The van der Waals surface area contributed by atoms with Gasteiger partial charge in [-0.15, -0.1) is 0 Å². The zero-order chi connectivity index (χ0) is 19.8. The van der Waals surface area contributed by atoms with Crippen LogP contribution in [-0.2, 0) is 6.61 Å². The van der Waals surface area contributed by atoms with Crippen molar-refractivity contribution in [2.45, 2.75) is 13.5 Å². The molecular weight excluding hydrogens is 368 g/mol. The summed E-state index contributed by atoms with van der Waals surface area (Å²) in [6, 6.07) is 10.7. The smallest absolute Gasteiger partial charge is 0.315 e. The number of aryl methyl sites for hydroxylation is 1. The minimum absolute atomic E-state index is 0.0693. The first kappa shape index (κ1) is 20.1. The van der Waals surface area contributed by atoms with Gasteiger partial charge in [-0.2, -0.15) is 5.10 Å². The van der Waals surface area contributed by atoms with Crippen LogP contribution in [0.2, 0.25) is 0 Å². The maximum absolute atomic E-state index is 11.5. The van der Waals surface area contributed by atoms with Crippen LogP contribution < -0.4 is 20.2 Å². The lowest BCUT2D eigenvalue weighted by atomic mass is 10.1. The summed E-state index contributed by atoms with van der Waals surface area (Å²) in [4.78, 5) is 11.0. The Morgan fingerprint density at radius 2 is 2.15 bits per heavy atom. The predicted molar refractivity (Wildman–Crippen MR) is 108 cm³/mol. The number of rotatable bonds is 7. The van der Waals surface area contributed by atoms with Gasteiger partial charge in [0.15, 0.2) is 10.9 Å². The van der Waals surface area contributed by atoms with E-state index >= 15 is 0 Å². The number of benzene rings is 2. The van der Waals surface area contributed by atoms with Crippen LogP contribution in [-0.4, -0.2) is 30.4 Å². The summed E-state index contributed by atoms with van der Waals surface area (Å²) in [7, 11) is 3.08. The molecule has 27 heavy (non-hydrogen) atoms. The predicted octanol–water partition coefficient (Wildman–Crippen LogP) is 2.92. The SMILES string of the molecule is CNC(=S)N/N=C/c1cc(OC)c(OCc2cccc(C)c2)c([N+](=O)[O-])c1. The molecule has 2 aromatic carbocycles. The number of ether oxygens (including phenoxy) is 2. The van der Waals surface area contributed by atoms with Crippen molar-refractivity contribution in [3.05, 3.63) is 63.2 Å². The first-order valence-corrected chi connectivity index (χ1v) is 8.41. The fourth-order valence-corrected chi connectivity index (χ4v) is 2.35. The van der Waals surface area contributed by atoms with Crippen LogP contribution in [0.15, 0.2) is 41.5 Å². The van der Waals surface area contributed by atoms with Crippen molar-refractivity contribution in [3.8, 4) is 11.5 Å². The zero-order valence-corrected chi connectivity index (χ0v) is 16.0. The van der Waals surface area contributed by atoms with Crippen LogP contribution in [0.1, 0.15) is 16.7 Å². The average molecular weight is 388 g/mol. The average Bonchev–Trinajstić information content (AvgIpc) is 2.65. The van der Waals surface area contributed by atoms with Crippen molar-refractivity contribution < 1.29 is 14.4 Å². The van der Waals surface area contributed by atoms with Crippen LogP contribution >= 0.6 is 12.2 Å². The zero-order valence-electron chi connectivity index (χ0n) is 15.2. The number of nitro benzene ring substituents is 1. The Morgan fingerprint density at radius 3 is 2.78 bits per heavy atom. The van der Waals surface area contributed by atoms with E-state index in [0.717, 1.165) is 11.1 Å². The second-order valence-electron chi connectivity index (χ2n) is 5.56. The minimum Gasteiger partial charge on any atom is -0.493 e.